The van der Waals surface area contributed by atoms with Crippen LogP contribution in [0.25, 0.3) is 0 Å². The number of methoxy groups -OCH3 is 1. The van der Waals surface area contributed by atoms with Crippen LogP contribution in [0.15, 0.2) is 24.3 Å². The number of carbonyl (C=O) groups is 2. The van der Waals surface area contributed by atoms with Gasteiger partial charge in [-0.2, -0.15) is 0 Å². The lowest BCUT2D eigenvalue weighted by atomic mass is 10.1. The molecular weight excluding hydrogens is 280 g/mol. The lowest BCUT2D eigenvalue weighted by Crippen LogP contribution is -2.33. The maximum Gasteiger partial charge on any atom is 0.225 e. The molecule has 120 valence electrons. The van der Waals surface area contributed by atoms with E-state index in [0.29, 0.717) is 32.7 Å². The molecule has 1 atom stereocenters. The van der Waals surface area contributed by atoms with Gasteiger partial charge in [0.1, 0.15) is 0 Å². The molecule has 5 heteroatoms. The van der Waals surface area contributed by atoms with Crippen LogP contribution in [0.5, 0.6) is 0 Å². The Morgan fingerprint density at radius 1 is 1.45 bits per heavy atom. The summed E-state index contributed by atoms with van der Waals surface area (Å²) in [6.45, 7) is 4.33. The average molecular weight is 304 g/mol. The summed E-state index contributed by atoms with van der Waals surface area (Å²) in [7, 11) is 1.64. The molecule has 1 unspecified atom stereocenters. The number of hydrogen-bond acceptors (Lipinski definition) is 3. The van der Waals surface area contributed by atoms with Gasteiger partial charge in [0.2, 0.25) is 11.8 Å². The number of nitrogens with zero attached hydrogens (tertiary/aromatic N) is 1. The largest absolute Gasteiger partial charge is 0.385 e. The first-order valence-electron chi connectivity index (χ1n) is 7.70. The van der Waals surface area contributed by atoms with Gasteiger partial charge in [0.05, 0.1) is 5.92 Å². The third-order valence-corrected chi connectivity index (χ3v) is 3.87. The standard InChI is InChI=1S/C17H24N2O3/c1-13-5-3-6-14(9-13)11-19-12-15(10-16(19)20)17(21)18-7-4-8-22-2/h3,5-6,9,15H,4,7-8,10-12H2,1-2H3,(H,18,21). The van der Waals surface area contributed by atoms with Crippen LogP contribution in [0.3, 0.4) is 0 Å². The first-order chi connectivity index (χ1) is 10.6. The van der Waals surface area contributed by atoms with E-state index in [1.54, 1.807) is 12.0 Å². The van der Waals surface area contributed by atoms with Gasteiger partial charge in [0.15, 0.2) is 0 Å². The molecule has 0 bridgehead atoms. The second-order valence-electron chi connectivity index (χ2n) is 5.80. The molecule has 1 aromatic carbocycles. The summed E-state index contributed by atoms with van der Waals surface area (Å²) in [5, 5.41) is 2.88. The van der Waals surface area contributed by atoms with Crippen LogP contribution in [-0.2, 0) is 20.9 Å². The van der Waals surface area contributed by atoms with Gasteiger partial charge in [-0.15, -0.1) is 0 Å². The molecule has 0 aromatic heterocycles. The van der Waals surface area contributed by atoms with Crippen molar-refractivity contribution < 1.29 is 14.3 Å². The minimum atomic E-state index is -0.236. The molecule has 0 aliphatic carbocycles. The van der Waals surface area contributed by atoms with E-state index in [1.807, 2.05) is 25.1 Å². The predicted molar refractivity (Wildman–Crippen MR) is 84.2 cm³/mol. The fourth-order valence-electron chi connectivity index (χ4n) is 2.70. The van der Waals surface area contributed by atoms with Crippen LogP contribution < -0.4 is 5.32 Å². The van der Waals surface area contributed by atoms with E-state index in [1.165, 1.54) is 5.56 Å². The zero-order chi connectivity index (χ0) is 15.9. The zero-order valence-corrected chi connectivity index (χ0v) is 13.3. The van der Waals surface area contributed by atoms with Crippen molar-refractivity contribution in [1.82, 2.24) is 10.2 Å². The highest BCUT2D eigenvalue weighted by Gasteiger charge is 2.33. The third-order valence-electron chi connectivity index (χ3n) is 3.87. The van der Waals surface area contributed by atoms with Crippen LogP contribution in [0.2, 0.25) is 0 Å². The van der Waals surface area contributed by atoms with Crippen LogP contribution >= 0.6 is 0 Å². The van der Waals surface area contributed by atoms with Crippen LogP contribution in [0.4, 0.5) is 0 Å². The van der Waals surface area contributed by atoms with Gasteiger partial charge < -0.3 is 15.0 Å². The van der Waals surface area contributed by atoms with Crippen molar-refractivity contribution in [3.05, 3.63) is 35.4 Å². The highest BCUT2D eigenvalue weighted by Crippen LogP contribution is 2.20. The third kappa shape index (κ3) is 4.56. The van der Waals surface area contributed by atoms with Gasteiger partial charge >= 0.3 is 0 Å². The van der Waals surface area contributed by atoms with Crippen LogP contribution in [0.1, 0.15) is 24.0 Å². The first-order valence-corrected chi connectivity index (χ1v) is 7.70. The summed E-state index contributed by atoms with van der Waals surface area (Å²) in [6, 6.07) is 8.11. The van der Waals surface area contributed by atoms with Crippen LogP contribution in [0, 0.1) is 12.8 Å². The Labute approximate surface area is 131 Å². The van der Waals surface area contributed by atoms with Crippen molar-refractivity contribution >= 4 is 11.8 Å². The van der Waals surface area contributed by atoms with E-state index in [4.69, 9.17) is 4.74 Å². The molecular formula is C17H24N2O3. The summed E-state index contributed by atoms with van der Waals surface area (Å²) in [5.74, 6) is -0.213. The van der Waals surface area contributed by atoms with Crippen molar-refractivity contribution in [2.75, 3.05) is 26.8 Å². The second kappa shape index (κ2) is 7.94. The molecule has 0 saturated carbocycles. The number of amides is 2. The molecule has 1 aliphatic heterocycles. The number of nitrogens with one attached hydrogen (secondary N) is 1. The van der Waals surface area contributed by atoms with Gasteiger partial charge in [0, 0.05) is 39.8 Å². The number of ether oxygens (including phenoxy) is 1. The van der Waals surface area contributed by atoms with Crippen molar-refractivity contribution in [3.8, 4) is 0 Å². The smallest absolute Gasteiger partial charge is 0.225 e. The Balaban J connectivity index is 1.84. The zero-order valence-electron chi connectivity index (χ0n) is 13.3. The lowest BCUT2D eigenvalue weighted by Gasteiger charge is -2.17. The normalized spacial score (nSPS) is 17.8. The van der Waals surface area contributed by atoms with Crippen LogP contribution in [-0.4, -0.2) is 43.5 Å². The molecule has 0 radical (unpaired) electrons. The minimum absolute atomic E-state index is 0.0313. The Kier molecular flexibility index (Phi) is 5.95. The monoisotopic (exact) mass is 304 g/mol. The fraction of sp³-hybridized carbons (Fsp3) is 0.529. The quantitative estimate of drug-likeness (QED) is 0.777. The Hall–Kier alpha value is -1.88. The topological polar surface area (TPSA) is 58.6 Å². The van der Waals surface area contributed by atoms with E-state index < -0.39 is 0 Å². The predicted octanol–water partition coefficient (Wildman–Crippen LogP) is 1.50. The number of rotatable bonds is 7. The molecule has 1 fully saturated rings. The fourth-order valence-corrected chi connectivity index (χ4v) is 2.70. The van der Waals surface area contributed by atoms with E-state index in [2.05, 4.69) is 11.4 Å². The van der Waals surface area contributed by atoms with Gasteiger partial charge in [-0.3, -0.25) is 9.59 Å². The van der Waals surface area contributed by atoms with Gasteiger partial charge in [-0.25, -0.2) is 0 Å². The number of likely N-dealkylation sites (tertiary alicyclic amines) is 1. The van der Waals surface area contributed by atoms with E-state index in [0.717, 1.165) is 12.0 Å². The first kappa shape index (κ1) is 16.5. The minimum Gasteiger partial charge on any atom is -0.385 e. The summed E-state index contributed by atoms with van der Waals surface area (Å²) in [4.78, 5) is 25.9. The Bertz CT molecular complexity index is 530. The SMILES string of the molecule is COCCCNC(=O)C1CC(=O)N(Cc2cccc(C)c2)C1. The number of benzene rings is 1. The molecule has 5 nitrogen and oxygen atoms in total. The van der Waals surface area contributed by atoms with Gasteiger partial charge in [0.25, 0.3) is 0 Å². The van der Waals surface area contributed by atoms with Crippen molar-refractivity contribution in [1.29, 1.82) is 0 Å². The molecule has 22 heavy (non-hydrogen) atoms. The molecule has 1 heterocycles. The van der Waals surface area contributed by atoms with Crippen molar-refractivity contribution in [2.45, 2.75) is 26.3 Å². The van der Waals surface area contributed by atoms with Crippen molar-refractivity contribution in [3.63, 3.8) is 0 Å². The summed E-state index contributed by atoms with van der Waals surface area (Å²) in [6.07, 6.45) is 1.10. The molecule has 1 saturated heterocycles. The number of carbonyl (C=O) groups excluding carboxylic acids is 2. The molecule has 2 amide bonds. The lowest BCUT2D eigenvalue weighted by molar-refractivity contribution is -0.129. The highest BCUT2D eigenvalue weighted by atomic mass is 16.5. The van der Waals surface area contributed by atoms with E-state index >= 15 is 0 Å². The molecule has 1 aliphatic rings. The maximum absolute atomic E-state index is 12.1. The van der Waals surface area contributed by atoms with E-state index in [9.17, 15) is 9.59 Å². The molecule has 2 rings (SSSR count). The second-order valence-corrected chi connectivity index (χ2v) is 5.80. The molecule has 1 N–H and O–H groups in total. The Morgan fingerprint density at radius 2 is 2.27 bits per heavy atom. The summed E-state index contributed by atoms with van der Waals surface area (Å²) in [5.41, 5.74) is 2.28. The van der Waals surface area contributed by atoms with Crippen molar-refractivity contribution in [2.24, 2.45) is 5.92 Å². The average Bonchev–Trinajstić information content (AvgIpc) is 2.85. The Morgan fingerprint density at radius 3 is 3.00 bits per heavy atom. The molecule has 1 aromatic rings. The van der Waals surface area contributed by atoms with E-state index in [-0.39, 0.29) is 17.7 Å². The highest BCUT2D eigenvalue weighted by molar-refractivity contribution is 5.89. The van der Waals surface area contributed by atoms with Gasteiger partial charge in [-0.1, -0.05) is 29.8 Å². The number of hydrogen-bond donors (Lipinski definition) is 1. The summed E-state index contributed by atoms with van der Waals surface area (Å²) < 4.78 is 4.95. The van der Waals surface area contributed by atoms with Gasteiger partial charge in [-0.05, 0) is 18.9 Å². The number of aryl methyl sites for hydroxylation is 1. The maximum atomic E-state index is 12.1. The molecule has 0 spiro atoms. The summed E-state index contributed by atoms with van der Waals surface area (Å²) >= 11 is 0.